The van der Waals surface area contributed by atoms with E-state index < -0.39 is 28.6 Å². The molecule has 2 aromatic rings. The molecule has 1 aliphatic carbocycles. The molecule has 0 saturated heterocycles. The molecule has 3 rings (SSSR count). The van der Waals surface area contributed by atoms with E-state index in [9.17, 15) is 24.3 Å². The van der Waals surface area contributed by atoms with Crippen LogP contribution < -0.4 is 11.2 Å². The molecule has 0 unspecified atom stereocenters. The number of aromatic nitrogens is 4. The molecule has 0 aromatic carbocycles. The third-order valence-electron chi connectivity index (χ3n) is 6.00. The Kier molecular flexibility index (Phi) is 6.14. The average molecular weight is 420 g/mol. The first-order valence-electron chi connectivity index (χ1n) is 10.4. The number of rotatable bonds is 9. The van der Waals surface area contributed by atoms with Crippen molar-refractivity contribution in [3.8, 4) is 0 Å². The molecule has 0 bridgehead atoms. The molecule has 0 radical (unpaired) electrons. The number of aryl methyl sites for hydroxylation is 1. The highest BCUT2D eigenvalue weighted by Gasteiger charge is 2.49. The van der Waals surface area contributed by atoms with Crippen LogP contribution in [0.5, 0.6) is 0 Å². The van der Waals surface area contributed by atoms with Crippen molar-refractivity contribution in [2.75, 3.05) is 0 Å². The first kappa shape index (κ1) is 21.8. The Morgan fingerprint density at radius 2 is 1.83 bits per heavy atom. The predicted molar refractivity (Wildman–Crippen MR) is 109 cm³/mol. The van der Waals surface area contributed by atoms with Crippen LogP contribution in [0.25, 0.3) is 11.2 Å². The van der Waals surface area contributed by atoms with Crippen LogP contribution in [-0.4, -0.2) is 41.3 Å². The summed E-state index contributed by atoms with van der Waals surface area (Å²) in [6.45, 7) is 4.41. The Hall–Kier alpha value is -2.91. The molecule has 1 aliphatic rings. The van der Waals surface area contributed by atoms with Crippen LogP contribution in [0, 0.1) is 5.92 Å². The summed E-state index contributed by atoms with van der Waals surface area (Å²) in [5.41, 5.74) is -1.93. The molecule has 3 N–H and O–H groups in total. The molecule has 164 valence electrons. The van der Waals surface area contributed by atoms with Crippen molar-refractivity contribution in [1.82, 2.24) is 19.1 Å². The zero-order valence-electron chi connectivity index (χ0n) is 17.3. The fourth-order valence-electron chi connectivity index (χ4n) is 4.47. The quantitative estimate of drug-likeness (QED) is 0.559. The molecule has 0 spiro atoms. The molecule has 10 nitrogen and oxygen atoms in total. The highest BCUT2D eigenvalue weighted by molar-refractivity contribution is 5.82. The molecular weight excluding hydrogens is 392 g/mol. The van der Waals surface area contributed by atoms with Crippen molar-refractivity contribution < 1.29 is 19.8 Å². The van der Waals surface area contributed by atoms with Crippen LogP contribution in [0.2, 0.25) is 0 Å². The van der Waals surface area contributed by atoms with Gasteiger partial charge in [0.2, 0.25) is 0 Å². The Morgan fingerprint density at radius 3 is 2.43 bits per heavy atom. The van der Waals surface area contributed by atoms with Gasteiger partial charge in [0.25, 0.3) is 5.56 Å². The van der Waals surface area contributed by atoms with Gasteiger partial charge in [-0.15, -0.1) is 0 Å². The standard InChI is InChI=1S/C20H28N4O6/c1-3-9-23-15-14(16(27)24(10-4-2)19(23)30)21-17(22-15)20(18(28)29)8-7-12(11-20)5-6-13(25)26/h12H,3-11H2,1-2H3,(H,21,22)(H,25,26)(H,28,29)/t12-,20-/m0/s1. The van der Waals surface area contributed by atoms with E-state index in [0.29, 0.717) is 38.6 Å². The summed E-state index contributed by atoms with van der Waals surface area (Å²) in [5.74, 6) is -1.86. The molecule has 30 heavy (non-hydrogen) atoms. The molecular formula is C20H28N4O6. The summed E-state index contributed by atoms with van der Waals surface area (Å²) in [4.78, 5) is 56.3. The second-order valence-corrected chi connectivity index (χ2v) is 8.10. The van der Waals surface area contributed by atoms with Gasteiger partial charge in [-0.1, -0.05) is 13.8 Å². The van der Waals surface area contributed by atoms with Gasteiger partial charge in [0.15, 0.2) is 5.65 Å². The summed E-state index contributed by atoms with van der Waals surface area (Å²) in [6.07, 6.45) is 2.76. The zero-order valence-corrected chi connectivity index (χ0v) is 17.3. The summed E-state index contributed by atoms with van der Waals surface area (Å²) >= 11 is 0. The van der Waals surface area contributed by atoms with Gasteiger partial charge in [-0.3, -0.25) is 23.5 Å². The minimum absolute atomic E-state index is 0.0156. The first-order chi connectivity index (χ1) is 14.2. The molecule has 0 amide bonds. The second kappa shape index (κ2) is 8.45. The summed E-state index contributed by atoms with van der Waals surface area (Å²) in [6, 6.07) is 0. The van der Waals surface area contributed by atoms with Crippen molar-refractivity contribution in [1.29, 1.82) is 0 Å². The predicted octanol–water partition coefficient (Wildman–Crippen LogP) is 1.69. The van der Waals surface area contributed by atoms with E-state index in [0.717, 1.165) is 4.57 Å². The van der Waals surface area contributed by atoms with E-state index in [-0.39, 0.29) is 42.3 Å². The molecule has 2 atom stereocenters. The van der Waals surface area contributed by atoms with Gasteiger partial charge in [-0.05, 0) is 44.4 Å². The highest BCUT2D eigenvalue weighted by atomic mass is 16.4. The van der Waals surface area contributed by atoms with Gasteiger partial charge < -0.3 is 15.2 Å². The van der Waals surface area contributed by atoms with Gasteiger partial charge in [0.05, 0.1) is 0 Å². The lowest BCUT2D eigenvalue weighted by molar-refractivity contribution is -0.144. The Morgan fingerprint density at radius 1 is 1.17 bits per heavy atom. The number of carbonyl (C=O) groups is 2. The second-order valence-electron chi connectivity index (χ2n) is 8.10. The van der Waals surface area contributed by atoms with Crippen LogP contribution in [0.3, 0.4) is 0 Å². The lowest BCUT2D eigenvalue weighted by Gasteiger charge is -2.21. The first-order valence-corrected chi connectivity index (χ1v) is 10.4. The minimum atomic E-state index is -1.32. The number of carboxylic acids is 2. The third kappa shape index (κ3) is 3.66. The zero-order chi connectivity index (χ0) is 22.1. The Bertz CT molecular complexity index is 1080. The van der Waals surface area contributed by atoms with Crippen LogP contribution in [0.15, 0.2) is 9.59 Å². The normalized spacial score (nSPS) is 21.3. The fourth-order valence-corrected chi connectivity index (χ4v) is 4.47. The minimum Gasteiger partial charge on any atom is -0.481 e. The maximum absolute atomic E-state index is 12.9. The van der Waals surface area contributed by atoms with Gasteiger partial charge >= 0.3 is 17.6 Å². The number of nitrogens with zero attached hydrogens (tertiary/aromatic N) is 3. The van der Waals surface area contributed by atoms with Crippen molar-refractivity contribution in [2.24, 2.45) is 5.92 Å². The van der Waals surface area contributed by atoms with Crippen molar-refractivity contribution in [3.05, 3.63) is 26.7 Å². The summed E-state index contributed by atoms with van der Waals surface area (Å²) in [5, 5.41) is 19.0. The van der Waals surface area contributed by atoms with E-state index in [1.54, 1.807) is 0 Å². The number of hydrogen-bond acceptors (Lipinski definition) is 5. The van der Waals surface area contributed by atoms with E-state index in [1.165, 1.54) is 4.57 Å². The molecule has 2 aromatic heterocycles. The molecule has 1 fully saturated rings. The molecule has 2 heterocycles. The number of carboxylic acid groups (broad SMARTS) is 2. The van der Waals surface area contributed by atoms with E-state index >= 15 is 0 Å². The monoisotopic (exact) mass is 420 g/mol. The number of nitrogens with one attached hydrogen (secondary N) is 1. The lowest BCUT2D eigenvalue weighted by atomic mass is 9.84. The van der Waals surface area contributed by atoms with E-state index in [2.05, 4.69) is 9.97 Å². The number of aromatic amines is 1. The van der Waals surface area contributed by atoms with E-state index in [4.69, 9.17) is 5.11 Å². The molecule has 10 heteroatoms. The van der Waals surface area contributed by atoms with Crippen molar-refractivity contribution >= 4 is 23.1 Å². The Labute approximate surface area is 172 Å². The van der Waals surface area contributed by atoms with E-state index in [1.807, 2.05) is 13.8 Å². The number of H-pyrrole nitrogens is 1. The number of aliphatic carboxylic acids is 2. The number of hydrogen-bond donors (Lipinski definition) is 3. The van der Waals surface area contributed by atoms with Crippen LogP contribution in [-0.2, 0) is 28.1 Å². The van der Waals surface area contributed by atoms with Gasteiger partial charge in [0, 0.05) is 19.5 Å². The number of fused-ring (bicyclic) bond motifs is 1. The van der Waals surface area contributed by atoms with Crippen molar-refractivity contribution in [2.45, 2.75) is 77.3 Å². The average Bonchev–Trinajstić information content (AvgIpc) is 3.32. The van der Waals surface area contributed by atoms with Gasteiger partial charge in [0.1, 0.15) is 16.8 Å². The fraction of sp³-hybridized carbons (Fsp3) is 0.650. The summed E-state index contributed by atoms with van der Waals surface area (Å²) in [7, 11) is 0. The highest BCUT2D eigenvalue weighted by Crippen LogP contribution is 2.45. The van der Waals surface area contributed by atoms with Crippen LogP contribution in [0.4, 0.5) is 0 Å². The maximum Gasteiger partial charge on any atom is 0.332 e. The maximum atomic E-state index is 12.9. The van der Waals surface area contributed by atoms with Crippen molar-refractivity contribution in [3.63, 3.8) is 0 Å². The van der Waals surface area contributed by atoms with Gasteiger partial charge in [-0.25, -0.2) is 9.78 Å². The van der Waals surface area contributed by atoms with Crippen LogP contribution in [0.1, 0.15) is 64.6 Å². The smallest absolute Gasteiger partial charge is 0.332 e. The summed E-state index contributed by atoms with van der Waals surface area (Å²) < 4.78 is 2.59. The Balaban J connectivity index is 2.13. The molecule has 0 aliphatic heterocycles. The SMILES string of the molecule is CCCn1c(=O)c2[nH]c([C@]3(C(=O)O)CC[C@H](CCC(=O)O)C3)nc2n(CCC)c1=O. The largest absolute Gasteiger partial charge is 0.481 e. The topological polar surface area (TPSA) is 147 Å². The third-order valence-corrected chi connectivity index (χ3v) is 6.00. The lowest BCUT2D eigenvalue weighted by Crippen LogP contribution is -2.40. The molecule has 1 saturated carbocycles. The van der Waals surface area contributed by atoms with Crippen LogP contribution >= 0.6 is 0 Å². The number of imidazole rings is 1. The van der Waals surface area contributed by atoms with Gasteiger partial charge in [-0.2, -0.15) is 0 Å².